The van der Waals surface area contributed by atoms with Crippen molar-refractivity contribution in [2.75, 3.05) is 13.1 Å². The van der Waals surface area contributed by atoms with E-state index in [2.05, 4.69) is 22.3 Å². The molecule has 4 nitrogen and oxygen atoms in total. The van der Waals surface area contributed by atoms with Crippen molar-refractivity contribution in [3.63, 3.8) is 0 Å². The van der Waals surface area contributed by atoms with Crippen molar-refractivity contribution in [1.82, 2.24) is 15.4 Å². The fourth-order valence-corrected chi connectivity index (χ4v) is 3.64. The molecular weight excluding hydrogens is 238 g/mol. The van der Waals surface area contributed by atoms with Crippen molar-refractivity contribution in [1.29, 1.82) is 0 Å². The minimum absolute atomic E-state index is 0.695. The highest BCUT2D eigenvalue weighted by Crippen LogP contribution is 2.27. The first kappa shape index (κ1) is 13.1. The first-order valence-corrected chi connectivity index (χ1v) is 7.65. The van der Waals surface area contributed by atoms with Gasteiger partial charge in [-0.3, -0.25) is 4.90 Å². The molecule has 106 valence electrons. The van der Waals surface area contributed by atoms with Crippen molar-refractivity contribution < 1.29 is 4.52 Å². The van der Waals surface area contributed by atoms with Crippen molar-refractivity contribution in [2.24, 2.45) is 0 Å². The number of hydrogen-bond donors (Lipinski definition) is 1. The summed E-state index contributed by atoms with van der Waals surface area (Å²) >= 11 is 0. The van der Waals surface area contributed by atoms with Crippen LogP contribution in [0, 0.1) is 13.8 Å². The van der Waals surface area contributed by atoms with Crippen LogP contribution in [-0.4, -0.2) is 35.2 Å². The zero-order chi connectivity index (χ0) is 13.2. The van der Waals surface area contributed by atoms with Gasteiger partial charge >= 0.3 is 0 Å². The second-order valence-corrected chi connectivity index (χ2v) is 6.04. The van der Waals surface area contributed by atoms with Crippen LogP contribution in [0.5, 0.6) is 0 Å². The highest BCUT2D eigenvalue weighted by atomic mass is 16.5. The summed E-state index contributed by atoms with van der Waals surface area (Å²) in [6.45, 7) is 7.50. The van der Waals surface area contributed by atoms with Crippen molar-refractivity contribution in [3.8, 4) is 0 Å². The third-order valence-corrected chi connectivity index (χ3v) is 4.77. The second kappa shape index (κ2) is 5.63. The first-order chi connectivity index (χ1) is 9.25. The Labute approximate surface area is 115 Å². The Bertz CT molecular complexity index is 404. The lowest BCUT2D eigenvalue weighted by Crippen LogP contribution is -2.49. The second-order valence-electron chi connectivity index (χ2n) is 6.04. The number of likely N-dealkylation sites (tertiary alicyclic amines) is 1. The fourth-order valence-electron chi connectivity index (χ4n) is 3.64. The van der Waals surface area contributed by atoms with Crippen molar-refractivity contribution in [3.05, 3.63) is 17.0 Å². The average Bonchev–Trinajstić information content (AvgIpc) is 3.05. The van der Waals surface area contributed by atoms with Crippen LogP contribution >= 0.6 is 0 Å². The summed E-state index contributed by atoms with van der Waals surface area (Å²) in [5.41, 5.74) is 2.35. The van der Waals surface area contributed by atoms with Crippen LogP contribution in [0.3, 0.4) is 0 Å². The average molecular weight is 263 g/mol. The Morgan fingerprint density at radius 1 is 1.26 bits per heavy atom. The molecule has 0 bridgehead atoms. The van der Waals surface area contributed by atoms with Gasteiger partial charge in [0.15, 0.2) is 0 Å². The van der Waals surface area contributed by atoms with Crippen LogP contribution in [0.2, 0.25) is 0 Å². The molecule has 2 atom stereocenters. The fraction of sp³-hybridized carbons (Fsp3) is 0.800. The Kier molecular flexibility index (Phi) is 3.89. The van der Waals surface area contributed by atoms with Gasteiger partial charge < -0.3 is 9.84 Å². The summed E-state index contributed by atoms with van der Waals surface area (Å²) in [7, 11) is 0. The Balaban J connectivity index is 1.73. The molecule has 1 N–H and O–H groups in total. The van der Waals surface area contributed by atoms with E-state index in [1.54, 1.807) is 0 Å². The minimum atomic E-state index is 0.695. The van der Waals surface area contributed by atoms with Gasteiger partial charge in [0.25, 0.3) is 0 Å². The van der Waals surface area contributed by atoms with E-state index in [4.69, 9.17) is 4.52 Å². The van der Waals surface area contributed by atoms with E-state index in [1.807, 2.05) is 6.92 Å². The molecule has 0 aliphatic carbocycles. The number of piperidine rings is 1. The molecule has 2 fully saturated rings. The van der Waals surface area contributed by atoms with E-state index in [-0.39, 0.29) is 0 Å². The van der Waals surface area contributed by atoms with E-state index in [0.29, 0.717) is 12.1 Å². The van der Waals surface area contributed by atoms with Crippen molar-refractivity contribution >= 4 is 0 Å². The van der Waals surface area contributed by atoms with E-state index in [0.717, 1.165) is 18.0 Å². The first-order valence-electron chi connectivity index (χ1n) is 7.65. The van der Waals surface area contributed by atoms with Crippen LogP contribution in [0.25, 0.3) is 0 Å². The zero-order valence-corrected chi connectivity index (χ0v) is 12.1. The third-order valence-electron chi connectivity index (χ3n) is 4.77. The number of nitrogens with one attached hydrogen (secondary N) is 1. The van der Waals surface area contributed by atoms with Gasteiger partial charge in [-0.2, -0.15) is 0 Å². The standard InChI is InChI=1S/C15H25N3O/c1-11-13(12(2)19-17-11)10-18-9-4-3-7-15(18)14-6-5-8-16-14/h14-16H,3-10H2,1-2H3. The lowest BCUT2D eigenvalue weighted by molar-refractivity contribution is 0.111. The summed E-state index contributed by atoms with van der Waals surface area (Å²) in [4.78, 5) is 2.65. The molecule has 2 unspecified atom stereocenters. The van der Waals surface area contributed by atoms with Gasteiger partial charge in [-0.15, -0.1) is 0 Å². The van der Waals surface area contributed by atoms with Gasteiger partial charge in [0.05, 0.1) is 5.69 Å². The molecule has 0 amide bonds. The smallest absolute Gasteiger partial charge is 0.138 e. The number of rotatable bonds is 3. The van der Waals surface area contributed by atoms with Crippen LogP contribution in [0.4, 0.5) is 0 Å². The molecule has 3 rings (SSSR count). The zero-order valence-electron chi connectivity index (χ0n) is 12.1. The van der Waals surface area contributed by atoms with Crippen molar-refractivity contribution in [2.45, 2.75) is 64.6 Å². The molecule has 4 heteroatoms. The number of hydrogen-bond acceptors (Lipinski definition) is 4. The monoisotopic (exact) mass is 263 g/mol. The highest BCUT2D eigenvalue weighted by molar-refractivity contribution is 5.20. The normalized spacial score (nSPS) is 28.9. The quantitative estimate of drug-likeness (QED) is 0.909. The number of aromatic nitrogens is 1. The molecule has 2 aliphatic rings. The van der Waals surface area contributed by atoms with Crippen LogP contribution in [0.15, 0.2) is 4.52 Å². The summed E-state index contributed by atoms with van der Waals surface area (Å²) in [5, 5.41) is 7.77. The predicted molar refractivity (Wildman–Crippen MR) is 75.1 cm³/mol. The molecule has 0 spiro atoms. The lowest BCUT2D eigenvalue weighted by atomic mass is 9.94. The maximum absolute atomic E-state index is 5.31. The van der Waals surface area contributed by atoms with E-state index in [9.17, 15) is 0 Å². The van der Waals surface area contributed by atoms with Crippen LogP contribution in [0.1, 0.15) is 49.1 Å². The Morgan fingerprint density at radius 2 is 2.16 bits per heavy atom. The minimum Gasteiger partial charge on any atom is -0.361 e. The lowest BCUT2D eigenvalue weighted by Gasteiger charge is -2.39. The maximum atomic E-state index is 5.31. The molecule has 0 radical (unpaired) electrons. The molecule has 1 aromatic rings. The molecule has 0 aromatic carbocycles. The van der Waals surface area contributed by atoms with E-state index in [1.165, 1.54) is 50.8 Å². The summed E-state index contributed by atoms with van der Waals surface area (Å²) in [5.74, 6) is 0.987. The van der Waals surface area contributed by atoms with E-state index < -0.39 is 0 Å². The molecule has 2 saturated heterocycles. The largest absolute Gasteiger partial charge is 0.361 e. The van der Waals surface area contributed by atoms with Crippen LogP contribution < -0.4 is 5.32 Å². The summed E-state index contributed by atoms with van der Waals surface area (Å²) in [6.07, 6.45) is 6.71. The molecule has 0 saturated carbocycles. The maximum Gasteiger partial charge on any atom is 0.138 e. The predicted octanol–water partition coefficient (Wildman–Crippen LogP) is 2.40. The van der Waals surface area contributed by atoms with Gasteiger partial charge in [-0.05, 0) is 52.6 Å². The Morgan fingerprint density at radius 3 is 2.84 bits per heavy atom. The van der Waals surface area contributed by atoms with E-state index >= 15 is 0 Å². The SMILES string of the molecule is Cc1noc(C)c1CN1CCCCC1C1CCCN1. The Hall–Kier alpha value is -0.870. The third kappa shape index (κ3) is 2.70. The number of aryl methyl sites for hydroxylation is 2. The highest BCUT2D eigenvalue weighted by Gasteiger charge is 2.32. The van der Waals surface area contributed by atoms with Gasteiger partial charge in [-0.1, -0.05) is 11.6 Å². The molecule has 1 aromatic heterocycles. The van der Waals surface area contributed by atoms with Crippen LogP contribution in [-0.2, 0) is 6.54 Å². The van der Waals surface area contributed by atoms with Gasteiger partial charge in [-0.25, -0.2) is 0 Å². The van der Waals surface area contributed by atoms with Gasteiger partial charge in [0.2, 0.25) is 0 Å². The topological polar surface area (TPSA) is 41.3 Å². The summed E-state index contributed by atoms with van der Waals surface area (Å²) in [6, 6.07) is 1.39. The number of nitrogens with zero attached hydrogens (tertiary/aromatic N) is 2. The van der Waals surface area contributed by atoms with Gasteiger partial charge in [0.1, 0.15) is 5.76 Å². The molecule has 19 heavy (non-hydrogen) atoms. The summed E-state index contributed by atoms with van der Waals surface area (Å²) < 4.78 is 5.31. The molecule has 3 heterocycles. The van der Waals surface area contributed by atoms with Gasteiger partial charge in [0, 0.05) is 24.2 Å². The molecule has 2 aliphatic heterocycles. The molecular formula is C15H25N3O.